The van der Waals surface area contributed by atoms with Crippen LogP contribution in [0.5, 0.6) is 11.5 Å². The number of halogens is 2. The molecule has 0 bridgehead atoms. The summed E-state index contributed by atoms with van der Waals surface area (Å²) in [5.74, 6) is 0.707. The standard InChI is InChI=1S/C24H22Cl2N2O4S2/c1-2-31-20-11-15(5-8-19(20)32-14-22(29)27-9-3-4-10-27)12-21-23(30)28(24(33)34-21)16-6-7-17(25)18(26)13-16/h5-8,11-13H,2-4,9-10,14H2,1H3/b21-12-. The number of rotatable bonds is 7. The van der Waals surface area contributed by atoms with Crippen molar-refractivity contribution in [3.63, 3.8) is 0 Å². The number of carbonyl (C=O) groups is 2. The first-order valence-electron chi connectivity index (χ1n) is 10.8. The fourth-order valence-corrected chi connectivity index (χ4v) is 5.26. The molecule has 2 fully saturated rings. The van der Waals surface area contributed by atoms with Gasteiger partial charge in [0, 0.05) is 13.1 Å². The first kappa shape index (κ1) is 24.9. The second kappa shape index (κ2) is 11.0. The molecule has 2 amide bonds. The van der Waals surface area contributed by atoms with Gasteiger partial charge in [-0.05, 0) is 61.7 Å². The average molecular weight is 537 g/mol. The minimum absolute atomic E-state index is 0.0324. The molecule has 0 spiro atoms. The lowest BCUT2D eigenvalue weighted by molar-refractivity contribution is -0.132. The monoisotopic (exact) mass is 536 g/mol. The van der Waals surface area contributed by atoms with E-state index in [1.54, 1.807) is 36.4 Å². The van der Waals surface area contributed by atoms with Gasteiger partial charge in [-0.25, -0.2) is 0 Å². The number of thiocarbonyl (C=S) groups is 1. The normalized spacial score (nSPS) is 17.1. The Balaban J connectivity index is 1.52. The summed E-state index contributed by atoms with van der Waals surface area (Å²) < 4.78 is 11.9. The lowest BCUT2D eigenvalue weighted by Crippen LogP contribution is -2.32. The highest BCUT2D eigenvalue weighted by atomic mass is 35.5. The van der Waals surface area contributed by atoms with Crippen LogP contribution in [0.4, 0.5) is 5.69 Å². The molecule has 6 nitrogen and oxygen atoms in total. The second-order valence-electron chi connectivity index (χ2n) is 7.63. The van der Waals surface area contributed by atoms with Crippen molar-refractivity contribution in [1.82, 2.24) is 4.90 Å². The summed E-state index contributed by atoms with van der Waals surface area (Å²) in [6, 6.07) is 10.3. The Labute approximate surface area is 217 Å². The van der Waals surface area contributed by atoms with Gasteiger partial charge in [-0.1, -0.05) is 53.2 Å². The highest BCUT2D eigenvalue weighted by molar-refractivity contribution is 8.27. The number of ether oxygens (including phenoxy) is 2. The molecule has 2 saturated heterocycles. The topological polar surface area (TPSA) is 59.1 Å². The molecule has 0 aliphatic carbocycles. The fraction of sp³-hybridized carbons (Fsp3) is 0.292. The predicted octanol–water partition coefficient (Wildman–Crippen LogP) is 5.80. The number of benzene rings is 2. The number of hydrogen-bond acceptors (Lipinski definition) is 6. The summed E-state index contributed by atoms with van der Waals surface area (Å²) in [6.45, 7) is 3.81. The van der Waals surface area contributed by atoms with Crippen LogP contribution in [0.2, 0.25) is 10.0 Å². The first-order chi connectivity index (χ1) is 16.4. The van der Waals surface area contributed by atoms with Crippen LogP contribution in [-0.4, -0.2) is 47.3 Å². The third-order valence-electron chi connectivity index (χ3n) is 5.33. The van der Waals surface area contributed by atoms with Crippen LogP contribution in [0, 0.1) is 0 Å². The van der Waals surface area contributed by atoms with Crippen molar-refractivity contribution < 1.29 is 19.1 Å². The summed E-state index contributed by atoms with van der Waals surface area (Å²) in [4.78, 5) is 29.1. The van der Waals surface area contributed by atoms with Crippen LogP contribution in [-0.2, 0) is 9.59 Å². The largest absolute Gasteiger partial charge is 0.490 e. The molecule has 0 radical (unpaired) electrons. The number of likely N-dealkylation sites (tertiary alicyclic amines) is 1. The van der Waals surface area contributed by atoms with Crippen molar-refractivity contribution in [2.45, 2.75) is 19.8 Å². The van der Waals surface area contributed by atoms with Gasteiger partial charge in [0.2, 0.25) is 0 Å². The van der Waals surface area contributed by atoms with Gasteiger partial charge < -0.3 is 14.4 Å². The van der Waals surface area contributed by atoms with Crippen LogP contribution < -0.4 is 14.4 Å². The van der Waals surface area contributed by atoms with Crippen LogP contribution in [0.15, 0.2) is 41.3 Å². The van der Waals surface area contributed by atoms with E-state index in [2.05, 4.69) is 0 Å². The van der Waals surface area contributed by atoms with Gasteiger partial charge in [-0.15, -0.1) is 0 Å². The van der Waals surface area contributed by atoms with Gasteiger partial charge in [-0.3, -0.25) is 14.5 Å². The quantitative estimate of drug-likeness (QED) is 0.329. The molecular weight excluding hydrogens is 515 g/mol. The molecule has 0 N–H and O–H groups in total. The zero-order valence-corrected chi connectivity index (χ0v) is 21.5. The van der Waals surface area contributed by atoms with Crippen molar-refractivity contribution in [3.05, 3.63) is 56.9 Å². The van der Waals surface area contributed by atoms with Crippen molar-refractivity contribution in [2.24, 2.45) is 0 Å². The molecule has 34 heavy (non-hydrogen) atoms. The fourth-order valence-electron chi connectivity index (χ4n) is 3.67. The molecule has 0 aromatic heterocycles. The molecule has 10 heteroatoms. The van der Waals surface area contributed by atoms with Gasteiger partial charge in [0.05, 0.1) is 27.2 Å². The smallest absolute Gasteiger partial charge is 0.270 e. The Kier molecular flexibility index (Phi) is 8.03. The average Bonchev–Trinajstić information content (AvgIpc) is 3.44. The Morgan fingerprint density at radius 2 is 1.85 bits per heavy atom. The maximum Gasteiger partial charge on any atom is 0.270 e. The molecular formula is C24H22Cl2N2O4S2. The highest BCUT2D eigenvalue weighted by Crippen LogP contribution is 2.39. The number of hydrogen-bond donors (Lipinski definition) is 0. The van der Waals surface area contributed by atoms with Gasteiger partial charge in [0.25, 0.3) is 11.8 Å². The first-order valence-corrected chi connectivity index (χ1v) is 12.8. The second-order valence-corrected chi connectivity index (χ2v) is 10.1. The summed E-state index contributed by atoms with van der Waals surface area (Å²) in [7, 11) is 0. The third kappa shape index (κ3) is 5.51. The van der Waals surface area contributed by atoms with E-state index in [1.807, 2.05) is 17.9 Å². The Morgan fingerprint density at radius 3 is 2.56 bits per heavy atom. The maximum absolute atomic E-state index is 13.1. The summed E-state index contributed by atoms with van der Waals surface area (Å²) in [6.07, 6.45) is 3.81. The van der Waals surface area contributed by atoms with Crippen molar-refractivity contribution >= 4 is 75.1 Å². The maximum atomic E-state index is 13.1. The molecule has 0 atom stereocenters. The molecule has 0 saturated carbocycles. The third-order valence-corrected chi connectivity index (χ3v) is 7.37. The molecule has 0 unspecified atom stereocenters. The number of carbonyl (C=O) groups excluding carboxylic acids is 2. The van der Waals surface area contributed by atoms with Crippen LogP contribution in [0.25, 0.3) is 6.08 Å². The van der Waals surface area contributed by atoms with Gasteiger partial charge >= 0.3 is 0 Å². The van der Waals surface area contributed by atoms with E-state index in [0.29, 0.717) is 43.1 Å². The highest BCUT2D eigenvalue weighted by Gasteiger charge is 2.33. The van der Waals surface area contributed by atoms with E-state index in [4.69, 9.17) is 44.9 Å². The van der Waals surface area contributed by atoms with Crippen molar-refractivity contribution in [3.8, 4) is 11.5 Å². The predicted molar refractivity (Wildman–Crippen MR) is 141 cm³/mol. The molecule has 2 heterocycles. The van der Waals surface area contributed by atoms with Crippen LogP contribution in [0.1, 0.15) is 25.3 Å². The SMILES string of the molecule is CCOc1cc(/C=C2\SC(=S)N(c3ccc(Cl)c(Cl)c3)C2=O)ccc1OCC(=O)N1CCCC1. The number of amides is 2. The van der Waals surface area contributed by atoms with Gasteiger partial charge in [0.15, 0.2) is 22.4 Å². The number of thioether (sulfide) groups is 1. The summed E-state index contributed by atoms with van der Waals surface area (Å²) >= 11 is 18.7. The molecule has 2 aromatic rings. The van der Waals surface area contributed by atoms with E-state index in [9.17, 15) is 9.59 Å². The Hall–Kier alpha value is -2.26. The van der Waals surface area contributed by atoms with E-state index in [1.165, 1.54) is 16.7 Å². The lowest BCUT2D eigenvalue weighted by Gasteiger charge is -2.17. The Bertz CT molecular complexity index is 1170. The minimum atomic E-state index is -0.247. The van der Waals surface area contributed by atoms with Crippen LogP contribution >= 0.6 is 47.2 Å². The minimum Gasteiger partial charge on any atom is -0.490 e. The molecule has 4 rings (SSSR count). The number of nitrogens with zero attached hydrogens (tertiary/aromatic N) is 2. The zero-order valence-electron chi connectivity index (χ0n) is 18.4. The molecule has 2 aromatic carbocycles. The van der Waals surface area contributed by atoms with Crippen LogP contribution in [0.3, 0.4) is 0 Å². The van der Waals surface area contributed by atoms with Crippen molar-refractivity contribution in [1.29, 1.82) is 0 Å². The van der Waals surface area contributed by atoms with E-state index >= 15 is 0 Å². The van der Waals surface area contributed by atoms with E-state index < -0.39 is 0 Å². The van der Waals surface area contributed by atoms with E-state index in [-0.39, 0.29) is 18.4 Å². The number of anilines is 1. The van der Waals surface area contributed by atoms with E-state index in [0.717, 1.165) is 31.5 Å². The van der Waals surface area contributed by atoms with Crippen molar-refractivity contribution in [2.75, 3.05) is 31.2 Å². The molecule has 178 valence electrons. The molecule has 2 aliphatic heterocycles. The summed E-state index contributed by atoms with van der Waals surface area (Å²) in [5, 5.41) is 0.747. The summed E-state index contributed by atoms with van der Waals surface area (Å²) in [5.41, 5.74) is 1.30. The molecule has 2 aliphatic rings. The van der Waals surface area contributed by atoms with Gasteiger partial charge in [0.1, 0.15) is 0 Å². The lowest BCUT2D eigenvalue weighted by atomic mass is 10.1. The van der Waals surface area contributed by atoms with Gasteiger partial charge in [-0.2, -0.15) is 0 Å². The Morgan fingerprint density at radius 1 is 1.09 bits per heavy atom. The zero-order chi connectivity index (χ0) is 24.2.